The molecule has 0 saturated carbocycles. The molecule has 0 atom stereocenters. The van der Waals surface area contributed by atoms with Crippen LogP contribution in [0.3, 0.4) is 0 Å². The summed E-state index contributed by atoms with van der Waals surface area (Å²) in [5.41, 5.74) is 1.54. The van der Waals surface area contributed by atoms with Crippen molar-refractivity contribution >= 4 is 50.8 Å². The molecule has 1 heterocycles. The van der Waals surface area contributed by atoms with Crippen molar-refractivity contribution in [1.29, 1.82) is 0 Å². The lowest BCUT2D eigenvalue weighted by Crippen LogP contribution is -2.39. The number of amides is 2. The minimum atomic E-state index is -0.357. The standard InChI is InChI=1S/C22H24BrN3O3S/c1-14-9-11-26(12-10-14)21(28)16-5-3-4-6-18(16)24-22(30)25-20(27)15-7-8-19(29-2)17(23)13-15/h3-8,13-14H,9-12H2,1-2H3,(H2,24,25,27,30). The molecule has 3 rings (SSSR count). The lowest BCUT2D eigenvalue weighted by Gasteiger charge is -2.30. The van der Waals surface area contributed by atoms with Crippen molar-refractivity contribution in [2.75, 3.05) is 25.5 Å². The fourth-order valence-corrected chi connectivity index (χ4v) is 4.04. The summed E-state index contributed by atoms with van der Waals surface area (Å²) in [6, 6.07) is 12.2. The Morgan fingerprint density at radius 2 is 1.87 bits per heavy atom. The van der Waals surface area contributed by atoms with E-state index in [1.165, 1.54) is 0 Å². The van der Waals surface area contributed by atoms with Gasteiger partial charge in [-0.1, -0.05) is 19.1 Å². The molecule has 0 radical (unpaired) electrons. The summed E-state index contributed by atoms with van der Waals surface area (Å²) < 4.78 is 5.85. The third-order valence-electron chi connectivity index (χ3n) is 5.12. The Labute approximate surface area is 190 Å². The Balaban J connectivity index is 1.67. The normalized spacial score (nSPS) is 14.2. The van der Waals surface area contributed by atoms with Crippen molar-refractivity contribution < 1.29 is 14.3 Å². The average molecular weight is 490 g/mol. The fraction of sp³-hybridized carbons (Fsp3) is 0.318. The highest BCUT2D eigenvalue weighted by molar-refractivity contribution is 9.10. The van der Waals surface area contributed by atoms with E-state index >= 15 is 0 Å². The highest BCUT2D eigenvalue weighted by Crippen LogP contribution is 2.25. The number of nitrogens with zero attached hydrogens (tertiary/aromatic N) is 1. The van der Waals surface area contributed by atoms with Crippen LogP contribution in [0.1, 0.15) is 40.5 Å². The van der Waals surface area contributed by atoms with Gasteiger partial charge in [-0.2, -0.15) is 0 Å². The summed E-state index contributed by atoms with van der Waals surface area (Å²) in [7, 11) is 1.56. The van der Waals surface area contributed by atoms with E-state index in [0.717, 1.165) is 25.9 Å². The maximum atomic E-state index is 13.0. The number of nitrogens with one attached hydrogen (secondary N) is 2. The van der Waals surface area contributed by atoms with Gasteiger partial charge in [0.1, 0.15) is 5.75 Å². The minimum absolute atomic E-state index is 0.0294. The molecule has 0 aliphatic carbocycles. The molecular formula is C22H24BrN3O3S. The summed E-state index contributed by atoms with van der Waals surface area (Å²) in [6.07, 6.45) is 2.01. The largest absolute Gasteiger partial charge is 0.496 e. The van der Waals surface area contributed by atoms with E-state index in [1.54, 1.807) is 37.4 Å². The van der Waals surface area contributed by atoms with Gasteiger partial charge in [0, 0.05) is 18.7 Å². The number of piperidine rings is 1. The number of anilines is 1. The van der Waals surface area contributed by atoms with Crippen molar-refractivity contribution in [2.45, 2.75) is 19.8 Å². The molecule has 2 aromatic carbocycles. The van der Waals surface area contributed by atoms with Crippen LogP contribution in [0.15, 0.2) is 46.9 Å². The summed E-state index contributed by atoms with van der Waals surface area (Å²) >= 11 is 8.67. The highest BCUT2D eigenvalue weighted by atomic mass is 79.9. The second kappa shape index (κ2) is 10.0. The molecule has 1 aliphatic heterocycles. The van der Waals surface area contributed by atoms with Crippen molar-refractivity contribution in [3.63, 3.8) is 0 Å². The minimum Gasteiger partial charge on any atom is -0.496 e. The van der Waals surface area contributed by atoms with Crippen molar-refractivity contribution in [2.24, 2.45) is 5.92 Å². The zero-order valence-electron chi connectivity index (χ0n) is 16.9. The molecular weight excluding hydrogens is 466 g/mol. The van der Waals surface area contributed by atoms with Gasteiger partial charge in [-0.3, -0.25) is 14.9 Å². The second-order valence-corrected chi connectivity index (χ2v) is 8.54. The monoisotopic (exact) mass is 489 g/mol. The Morgan fingerprint density at radius 3 is 2.53 bits per heavy atom. The number of rotatable bonds is 4. The first-order valence-electron chi connectivity index (χ1n) is 9.73. The molecule has 6 nitrogen and oxygen atoms in total. The van der Waals surface area contributed by atoms with E-state index < -0.39 is 0 Å². The predicted molar refractivity (Wildman–Crippen MR) is 125 cm³/mol. The van der Waals surface area contributed by atoms with Gasteiger partial charge in [-0.25, -0.2) is 0 Å². The molecule has 1 aliphatic rings. The van der Waals surface area contributed by atoms with Gasteiger partial charge in [0.15, 0.2) is 5.11 Å². The predicted octanol–water partition coefficient (Wildman–Crippen LogP) is 4.46. The molecule has 2 aromatic rings. The third kappa shape index (κ3) is 5.37. The van der Waals surface area contributed by atoms with Crippen LogP contribution in [0.4, 0.5) is 5.69 Å². The number of likely N-dealkylation sites (tertiary alicyclic amines) is 1. The molecule has 0 aromatic heterocycles. The number of carbonyl (C=O) groups excluding carboxylic acids is 2. The zero-order valence-corrected chi connectivity index (χ0v) is 19.3. The topological polar surface area (TPSA) is 70.7 Å². The molecule has 1 saturated heterocycles. The fourth-order valence-electron chi connectivity index (χ4n) is 3.30. The molecule has 0 spiro atoms. The van der Waals surface area contributed by atoms with Crippen LogP contribution >= 0.6 is 28.1 Å². The van der Waals surface area contributed by atoms with Crippen LogP contribution in [0, 0.1) is 5.92 Å². The van der Waals surface area contributed by atoms with Gasteiger partial charge in [0.05, 0.1) is 22.8 Å². The van der Waals surface area contributed by atoms with Gasteiger partial charge in [0.2, 0.25) is 0 Å². The zero-order chi connectivity index (χ0) is 21.7. The van der Waals surface area contributed by atoms with Gasteiger partial charge >= 0.3 is 0 Å². The van der Waals surface area contributed by atoms with Crippen LogP contribution in [0.25, 0.3) is 0 Å². The number of ether oxygens (including phenoxy) is 1. The molecule has 8 heteroatoms. The first-order chi connectivity index (χ1) is 14.4. The molecule has 0 unspecified atom stereocenters. The Kier molecular flexibility index (Phi) is 7.44. The van der Waals surface area contributed by atoms with E-state index in [4.69, 9.17) is 17.0 Å². The SMILES string of the molecule is COc1ccc(C(=O)NC(=S)Nc2ccccc2C(=O)N2CCC(C)CC2)cc1Br. The lowest BCUT2D eigenvalue weighted by atomic mass is 9.98. The first-order valence-corrected chi connectivity index (χ1v) is 10.9. The number of halogens is 1. The van der Waals surface area contributed by atoms with Gasteiger partial charge < -0.3 is 15.0 Å². The summed E-state index contributed by atoms with van der Waals surface area (Å²) in [5.74, 6) is 0.887. The number of hydrogen-bond donors (Lipinski definition) is 2. The van der Waals surface area contributed by atoms with Crippen molar-refractivity contribution in [3.8, 4) is 5.75 Å². The van der Waals surface area contributed by atoms with Crippen LogP contribution in [-0.2, 0) is 0 Å². The van der Waals surface area contributed by atoms with Gasteiger partial charge in [-0.05, 0) is 77.2 Å². The van der Waals surface area contributed by atoms with Crippen LogP contribution in [0.5, 0.6) is 5.75 Å². The van der Waals surface area contributed by atoms with Gasteiger partial charge in [-0.15, -0.1) is 0 Å². The molecule has 30 heavy (non-hydrogen) atoms. The first kappa shape index (κ1) is 22.2. The van der Waals surface area contributed by atoms with Crippen LogP contribution in [-0.4, -0.2) is 42.0 Å². The summed E-state index contributed by atoms with van der Waals surface area (Å²) in [6.45, 7) is 3.71. The highest BCUT2D eigenvalue weighted by Gasteiger charge is 2.23. The Bertz CT molecular complexity index is 958. The maximum Gasteiger partial charge on any atom is 0.257 e. The smallest absolute Gasteiger partial charge is 0.257 e. The lowest BCUT2D eigenvalue weighted by molar-refractivity contribution is 0.0698. The van der Waals surface area contributed by atoms with E-state index in [1.807, 2.05) is 17.0 Å². The number of thiocarbonyl (C=S) groups is 1. The summed E-state index contributed by atoms with van der Waals surface area (Å²) in [4.78, 5) is 27.4. The number of para-hydroxylation sites is 1. The van der Waals surface area contributed by atoms with E-state index in [0.29, 0.717) is 33.0 Å². The number of hydrogen-bond acceptors (Lipinski definition) is 4. The number of carbonyl (C=O) groups is 2. The Hall–Kier alpha value is -2.45. The van der Waals surface area contributed by atoms with Crippen LogP contribution in [0.2, 0.25) is 0 Å². The molecule has 2 amide bonds. The van der Waals surface area contributed by atoms with Crippen molar-refractivity contribution in [1.82, 2.24) is 10.2 Å². The van der Waals surface area contributed by atoms with E-state index in [2.05, 4.69) is 33.5 Å². The Morgan fingerprint density at radius 1 is 1.17 bits per heavy atom. The molecule has 0 bridgehead atoms. The summed E-state index contributed by atoms with van der Waals surface area (Å²) in [5, 5.41) is 5.77. The number of benzene rings is 2. The number of methoxy groups -OCH3 is 1. The average Bonchev–Trinajstić information content (AvgIpc) is 2.74. The van der Waals surface area contributed by atoms with E-state index in [9.17, 15) is 9.59 Å². The van der Waals surface area contributed by atoms with Gasteiger partial charge in [0.25, 0.3) is 11.8 Å². The molecule has 1 fully saturated rings. The van der Waals surface area contributed by atoms with E-state index in [-0.39, 0.29) is 16.9 Å². The molecule has 158 valence electrons. The molecule has 2 N–H and O–H groups in total. The van der Waals surface area contributed by atoms with Crippen molar-refractivity contribution in [3.05, 3.63) is 58.1 Å². The second-order valence-electron chi connectivity index (χ2n) is 7.28. The van der Waals surface area contributed by atoms with Crippen LogP contribution < -0.4 is 15.4 Å². The quantitative estimate of drug-likeness (QED) is 0.620. The third-order valence-corrected chi connectivity index (χ3v) is 5.94. The maximum absolute atomic E-state index is 13.0.